The number of aryl methyl sites for hydroxylation is 1. The summed E-state index contributed by atoms with van der Waals surface area (Å²) in [5.41, 5.74) is 11.8. The number of hydrogen-bond donors (Lipinski definition) is 1. The number of nitrogens with two attached hydrogens (primary N) is 1. The quantitative estimate of drug-likeness (QED) is 0.921. The van der Waals surface area contributed by atoms with Crippen LogP contribution in [0.3, 0.4) is 0 Å². The van der Waals surface area contributed by atoms with Crippen molar-refractivity contribution in [2.75, 3.05) is 6.61 Å². The fourth-order valence-electron chi connectivity index (χ4n) is 3.25. The van der Waals surface area contributed by atoms with E-state index in [0.29, 0.717) is 0 Å². The van der Waals surface area contributed by atoms with Gasteiger partial charge in [0.1, 0.15) is 0 Å². The summed E-state index contributed by atoms with van der Waals surface area (Å²) in [7, 11) is 0. The molecular weight excluding hydrogens is 258 g/mol. The molecule has 1 aliphatic rings. The molecule has 2 N–H and O–H groups in total. The lowest BCUT2D eigenvalue weighted by Gasteiger charge is -2.28. The predicted octanol–water partition coefficient (Wildman–Crippen LogP) is 3.95. The largest absolute Gasteiger partial charge is 0.373 e. The zero-order valence-corrected chi connectivity index (χ0v) is 12.6. The van der Waals surface area contributed by atoms with E-state index in [1.807, 2.05) is 0 Å². The van der Waals surface area contributed by atoms with Gasteiger partial charge in [-0.25, -0.2) is 0 Å². The lowest BCUT2D eigenvalue weighted by molar-refractivity contribution is 0.0319. The van der Waals surface area contributed by atoms with Crippen molar-refractivity contribution in [3.8, 4) is 0 Å². The molecule has 2 unspecified atom stereocenters. The van der Waals surface area contributed by atoms with Crippen molar-refractivity contribution in [3.05, 3.63) is 70.8 Å². The highest BCUT2D eigenvalue weighted by molar-refractivity contribution is 5.33. The molecule has 0 aromatic heterocycles. The van der Waals surface area contributed by atoms with Crippen LogP contribution in [0.5, 0.6) is 0 Å². The van der Waals surface area contributed by atoms with Crippen molar-refractivity contribution >= 4 is 0 Å². The Kier molecular flexibility index (Phi) is 4.37. The highest BCUT2D eigenvalue weighted by atomic mass is 16.5. The van der Waals surface area contributed by atoms with E-state index in [1.54, 1.807) is 0 Å². The first-order chi connectivity index (χ1) is 10.3. The van der Waals surface area contributed by atoms with Gasteiger partial charge in [0.05, 0.1) is 12.7 Å². The summed E-state index contributed by atoms with van der Waals surface area (Å²) in [6, 6.07) is 17.1. The van der Waals surface area contributed by atoms with Crippen LogP contribution in [0.15, 0.2) is 48.5 Å². The van der Waals surface area contributed by atoms with E-state index in [0.717, 1.165) is 25.9 Å². The van der Waals surface area contributed by atoms with Crippen LogP contribution in [0.25, 0.3) is 0 Å². The van der Waals surface area contributed by atoms with Crippen molar-refractivity contribution in [1.82, 2.24) is 0 Å². The van der Waals surface area contributed by atoms with Crippen LogP contribution in [-0.2, 0) is 17.6 Å². The van der Waals surface area contributed by atoms with Gasteiger partial charge in [-0.1, -0.05) is 55.5 Å². The van der Waals surface area contributed by atoms with Gasteiger partial charge in [0.25, 0.3) is 0 Å². The Hall–Kier alpha value is -1.64. The Balaban J connectivity index is 1.81. The van der Waals surface area contributed by atoms with Crippen LogP contribution in [0, 0.1) is 0 Å². The third-order valence-electron chi connectivity index (χ3n) is 4.40. The Labute approximate surface area is 126 Å². The summed E-state index contributed by atoms with van der Waals surface area (Å²) in [4.78, 5) is 0. The monoisotopic (exact) mass is 281 g/mol. The molecule has 3 rings (SSSR count). The van der Waals surface area contributed by atoms with Gasteiger partial charge in [-0.3, -0.25) is 0 Å². The topological polar surface area (TPSA) is 35.2 Å². The molecule has 2 aromatic carbocycles. The maximum atomic E-state index is 6.48. The third kappa shape index (κ3) is 3.02. The molecule has 1 heterocycles. The third-order valence-corrected chi connectivity index (χ3v) is 4.40. The second-order valence-electron chi connectivity index (χ2n) is 5.70. The van der Waals surface area contributed by atoms with E-state index in [9.17, 15) is 0 Å². The molecule has 2 heteroatoms. The van der Waals surface area contributed by atoms with Gasteiger partial charge in [0, 0.05) is 6.04 Å². The van der Waals surface area contributed by atoms with Gasteiger partial charge >= 0.3 is 0 Å². The Morgan fingerprint density at radius 1 is 1.14 bits per heavy atom. The molecule has 2 atom stereocenters. The zero-order chi connectivity index (χ0) is 14.7. The summed E-state index contributed by atoms with van der Waals surface area (Å²) in [6.07, 6.45) is 2.99. The van der Waals surface area contributed by atoms with E-state index < -0.39 is 0 Å². The van der Waals surface area contributed by atoms with E-state index in [1.165, 1.54) is 22.3 Å². The summed E-state index contributed by atoms with van der Waals surface area (Å²) >= 11 is 0. The van der Waals surface area contributed by atoms with Gasteiger partial charge in [-0.15, -0.1) is 0 Å². The number of benzene rings is 2. The van der Waals surface area contributed by atoms with E-state index in [2.05, 4.69) is 55.5 Å². The van der Waals surface area contributed by atoms with Gasteiger partial charge in [-0.05, 0) is 41.5 Å². The smallest absolute Gasteiger partial charge is 0.0845 e. The van der Waals surface area contributed by atoms with E-state index in [-0.39, 0.29) is 12.1 Å². The molecule has 1 aliphatic heterocycles. The molecule has 0 amide bonds. The van der Waals surface area contributed by atoms with Crippen LogP contribution < -0.4 is 5.73 Å². The average molecular weight is 281 g/mol. The molecular formula is C19H23NO. The maximum absolute atomic E-state index is 6.48. The van der Waals surface area contributed by atoms with Crippen LogP contribution >= 0.6 is 0 Å². The molecule has 0 radical (unpaired) electrons. The minimum Gasteiger partial charge on any atom is -0.373 e. The van der Waals surface area contributed by atoms with Crippen molar-refractivity contribution in [3.63, 3.8) is 0 Å². The average Bonchev–Trinajstić information content (AvgIpc) is 2.55. The van der Waals surface area contributed by atoms with Crippen LogP contribution in [0.2, 0.25) is 0 Å². The first-order valence-electron chi connectivity index (χ1n) is 7.82. The molecule has 0 saturated carbocycles. The number of fused-ring (bicyclic) bond motifs is 1. The SMILES string of the molecule is CCc1ccccc1C(N)CC1OCCc2ccccc21. The minimum atomic E-state index is 0.0253. The predicted molar refractivity (Wildman–Crippen MR) is 86.2 cm³/mol. The molecule has 0 fully saturated rings. The first kappa shape index (κ1) is 14.3. The van der Waals surface area contributed by atoms with Crippen LogP contribution in [-0.4, -0.2) is 6.61 Å². The summed E-state index contributed by atoms with van der Waals surface area (Å²) in [5, 5.41) is 0. The Morgan fingerprint density at radius 3 is 2.76 bits per heavy atom. The first-order valence-corrected chi connectivity index (χ1v) is 7.82. The molecule has 0 saturated heterocycles. The summed E-state index contributed by atoms with van der Waals surface area (Å²) in [6.45, 7) is 2.97. The standard InChI is InChI=1S/C19H23NO/c1-2-14-7-3-5-9-16(14)18(20)13-19-17-10-6-4-8-15(17)11-12-21-19/h3-10,18-19H,2,11-13,20H2,1H3. The number of rotatable bonds is 4. The molecule has 110 valence electrons. The van der Waals surface area contributed by atoms with E-state index >= 15 is 0 Å². The molecule has 2 nitrogen and oxygen atoms in total. The second kappa shape index (κ2) is 6.42. The molecule has 0 bridgehead atoms. The van der Waals surface area contributed by atoms with Gasteiger partial charge in [0.2, 0.25) is 0 Å². The summed E-state index contributed by atoms with van der Waals surface area (Å²) in [5.74, 6) is 0. The van der Waals surface area contributed by atoms with Crippen LogP contribution in [0.1, 0.15) is 47.7 Å². The molecule has 0 spiro atoms. The highest BCUT2D eigenvalue weighted by Gasteiger charge is 2.23. The van der Waals surface area contributed by atoms with Gasteiger partial charge in [0.15, 0.2) is 0 Å². The van der Waals surface area contributed by atoms with Crippen LogP contribution in [0.4, 0.5) is 0 Å². The van der Waals surface area contributed by atoms with Crippen molar-refractivity contribution in [1.29, 1.82) is 0 Å². The lowest BCUT2D eigenvalue weighted by Crippen LogP contribution is -2.22. The summed E-state index contributed by atoms with van der Waals surface area (Å²) < 4.78 is 5.99. The minimum absolute atomic E-state index is 0.0253. The van der Waals surface area contributed by atoms with Gasteiger partial charge in [-0.2, -0.15) is 0 Å². The fraction of sp³-hybridized carbons (Fsp3) is 0.368. The Morgan fingerprint density at radius 2 is 1.90 bits per heavy atom. The maximum Gasteiger partial charge on any atom is 0.0845 e. The second-order valence-corrected chi connectivity index (χ2v) is 5.70. The number of ether oxygens (including phenoxy) is 1. The Bertz CT molecular complexity index is 608. The zero-order valence-electron chi connectivity index (χ0n) is 12.6. The van der Waals surface area contributed by atoms with Gasteiger partial charge < -0.3 is 10.5 Å². The lowest BCUT2D eigenvalue weighted by atomic mass is 9.90. The molecule has 2 aromatic rings. The van der Waals surface area contributed by atoms with E-state index in [4.69, 9.17) is 10.5 Å². The van der Waals surface area contributed by atoms with Crippen molar-refractivity contribution in [2.45, 2.75) is 38.3 Å². The van der Waals surface area contributed by atoms with Crippen molar-refractivity contribution < 1.29 is 4.74 Å². The highest BCUT2D eigenvalue weighted by Crippen LogP contribution is 2.34. The molecule has 21 heavy (non-hydrogen) atoms. The number of hydrogen-bond acceptors (Lipinski definition) is 2. The fourth-order valence-corrected chi connectivity index (χ4v) is 3.25. The molecule has 0 aliphatic carbocycles. The van der Waals surface area contributed by atoms with Crippen molar-refractivity contribution in [2.24, 2.45) is 5.73 Å². The normalized spacial score (nSPS) is 19.0.